The quantitative estimate of drug-likeness (QED) is 0.205. The van der Waals surface area contributed by atoms with E-state index < -0.39 is 82.7 Å². The van der Waals surface area contributed by atoms with E-state index in [0.29, 0.717) is 12.8 Å². The van der Waals surface area contributed by atoms with Gasteiger partial charge in [0.05, 0.1) is 30.8 Å². The SMILES string of the molecule is O=C1O[C@@H]2C3CC(CC13)C2OC(=O)C1C2c3ccccc3C(c3ccccc32)C1C(=O)OCCC(F)(F)C(F)(F)[SH](=O)=O. The Morgan fingerprint density at radius 2 is 1.40 bits per heavy atom. The number of fused-ring (bicyclic) bond motifs is 2. The van der Waals surface area contributed by atoms with Crippen molar-refractivity contribution in [3.63, 3.8) is 0 Å². The highest BCUT2D eigenvalue weighted by Gasteiger charge is 2.65. The number of benzene rings is 2. The van der Waals surface area contributed by atoms with Gasteiger partial charge >= 0.3 is 29.1 Å². The molecule has 228 valence electrons. The number of alkyl halides is 4. The number of hydrogen-bond donors (Lipinski definition) is 1. The maximum Gasteiger partial charge on any atom is 0.404 e. The molecule has 1 heterocycles. The molecule has 2 aromatic rings. The summed E-state index contributed by atoms with van der Waals surface area (Å²) >= 11 is 0. The molecule has 5 aliphatic carbocycles. The first-order valence-corrected chi connectivity index (χ1v) is 15.3. The summed E-state index contributed by atoms with van der Waals surface area (Å²) in [6, 6.07) is 14.4. The van der Waals surface area contributed by atoms with Gasteiger partial charge in [0, 0.05) is 23.7 Å². The molecule has 6 aliphatic rings. The van der Waals surface area contributed by atoms with Gasteiger partial charge in [0.15, 0.2) is 0 Å². The van der Waals surface area contributed by atoms with Crippen molar-refractivity contribution in [2.45, 2.75) is 54.5 Å². The lowest BCUT2D eigenvalue weighted by Crippen LogP contribution is -2.50. The Kier molecular flexibility index (Phi) is 6.43. The van der Waals surface area contributed by atoms with Crippen molar-refractivity contribution in [2.24, 2.45) is 29.6 Å². The van der Waals surface area contributed by atoms with E-state index in [2.05, 4.69) is 0 Å². The minimum atomic E-state index is -5.33. The van der Waals surface area contributed by atoms with Gasteiger partial charge in [0.25, 0.3) is 0 Å². The molecule has 4 bridgehead atoms. The Morgan fingerprint density at radius 1 is 0.860 bits per heavy atom. The minimum absolute atomic E-state index is 0.0376. The molecule has 7 atom stereocenters. The molecule has 0 amide bonds. The van der Waals surface area contributed by atoms with Crippen molar-refractivity contribution in [3.05, 3.63) is 70.8 Å². The van der Waals surface area contributed by atoms with Gasteiger partial charge in [-0.15, -0.1) is 0 Å². The molecule has 0 spiro atoms. The standard InChI is InChI=1S/C30H26F4O8S/c31-29(32,30(33,34)43(38)39)9-10-40-27(36)22-20-14-5-1-3-7-16(14)21(17-8-4-2-6-15(17)20)23(22)28(37)41-24-13-11-18-19(12-13)26(35)42-25(18)24/h1-8,13,18-25,43H,9-12H2/t13?,18?,19?,20?,21?,22?,23?,24?,25-/m1/s1. The number of hydrogen-bond acceptors (Lipinski definition) is 8. The van der Waals surface area contributed by atoms with Crippen molar-refractivity contribution in [1.82, 2.24) is 0 Å². The lowest BCUT2D eigenvalue weighted by Gasteiger charge is -2.48. The minimum Gasteiger partial charge on any atom is -0.465 e. The van der Waals surface area contributed by atoms with Crippen LogP contribution in [0.15, 0.2) is 48.5 Å². The van der Waals surface area contributed by atoms with E-state index in [1.165, 1.54) is 0 Å². The second-order valence-electron chi connectivity index (χ2n) is 12.0. The van der Waals surface area contributed by atoms with Crippen molar-refractivity contribution >= 4 is 28.6 Å². The molecule has 43 heavy (non-hydrogen) atoms. The molecule has 2 aromatic carbocycles. The van der Waals surface area contributed by atoms with Crippen LogP contribution in [0.5, 0.6) is 0 Å². The molecule has 0 radical (unpaired) electrons. The van der Waals surface area contributed by atoms with E-state index in [9.17, 15) is 40.4 Å². The van der Waals surface area contributed by atoms with Gasteiger partial charge in [-0.1, -0.05) is 48.5 Å². The van der Waals surface area contributed by atoms with E-state index in [4.69, 9.17) is 14.2 Å². The van der Waals surface area contributed by atoms with Gasteiger partial charge < -0.3 is 14.2 Å². The summed E-state index contributed by atoms with van der Waals surface area (Å²) in [7, 11) is -4.78. The van der Waals surface area contributed by atoms with Crippen LogP contribution in [-0.2, 0) is 39.3 Å². The van der Waals surface area contributed by atoms with Gasteiger partial charge in [0.1, 0.15) is 12.2 Å². The molecule has 2 saturated carbocycles. The number of ether oxygens (including phenoxy) is 3. The Balaban J connectivity index is 1.21. The van der Waals surface area contributed by atoms with Crippen molar-refractivity contribution in [1.29, 1.82) is 0 Å². The first kappa shape index (κ1) is 28.3. The zero-order valence-corrected chi connectivity index (χ0v) is 23.3. The molecule has 6 unspecified atom stereocenters. The van der Waals surface area contributed by atoms with Crippen LogP contribution in [0, 0.1) is 29.6 Å². The topological polar surface area (TPSA) is 113 Å². The Labute approximate surface area is 244 Å². The largest absolute Gasteiger partial charge is 0.465 e. The van der Waals surface area contributed by atoms with Crippen LogP contribution in [0.25, 0.3) is 0 Å². The monoisotopic (exact) mass is 622 g/mol. The molecule has 13 heteroatoms. The predicted octanol–water partition coefficient (Wildman–Crippen LogP) is 3.78. The lowest BCUT2D eigenvalue weighted by molar-refractivity contribution is -0.179. The number of carbonyl (C=O) groups is 3. The molecule has 0 N–H and O–H groups in total. The van der Waals surface area contributed by atoms with E-state index in [-0.39, 0.29) is 23.7 Å². The molecule has 1 aliphatic heterocycles. The van der Waals surface area contributed by atoms with Crippen LogP contribution >= 0.6 is 0 Å². The fraction of sp³-hybridized carbons (Fsp3) is 0.500. The zero-order chi connectivity index (χ0) is 30.4. The number of carbonyl (C=O) groups excluding carboxylic acids is 3. The lowest BCUT2D eigenvalue weighted by atomic mass is 9.54. The van der Waals surface area contributed by atoms with Crippen LogP contribution in [0.2, 0.25) is 0 Å². The summed E-state index contributed by atoms with van der Waals surface area (Å²) < 4.78 is 93.4. The number of halogens is 4. The average Bonchev–Trinajstić information content (AvgIpc) is 3.62. The van der Waals surface area contributed by atoms with Gasteiger partial charge in [-0.05, 0) is 35.1 Å². The smallest absolute Gasteiger partial charge is 0.404 e. The summed E-state index contributed by atoms with van der Waals surface area (Å²) in [5.74, 6) is -11.2. The molecule has 0 aromatic heterocycles. The highest BCUT2D eigenvalue weighted by molar-refractivity contribution is 7.73. The summed E-state index contributed by atoms with van der Waals surface area (Å²) in [6.45, 7) is -1.20. The molecular weight excluding hydrogens is 596 g/mol. The van der Waals surface area contributed by atoms with Gasteiger partial charge in [-0.25, -0.2) is 8.42 Å². The molecular formula is C30H26F4O8S. The predicted molar refractivity (Wildman–Crippen MR) is 139 cm³/mol. The van der Waals surface area contributed by atoms with Crippen LogP contribution in [0.4, 0.5) is 17.6 Å². The Morgan fingerprint density at radius 3 is 1.93 bits per heavy atom. The second-order valence-corrected chi connectivity index (χ2v) is 13.1. The van der Waals surface area contributed by atoms with Crippen LogP contribution in [-0.4, -0.2) is 56.3 Å². The van der Waals surface area contributed by atoms with E-state index in [1.54, 1.807) is 36.4 Å². The molecule has 3 fully saturated rings. The average molecular weight is 623 g/mol. The van der Waals surface area contributed by atoms with E-state index in [0.717, 1.165) is 22.3 Å². The number of esters is 3. The third kappa shape index (κ3) is 4.06. The van der Waals surface area contributed by atoms with Gasteiger partial charge in [0.2, 0.25) is 10.7 Å². The highest BCUT2D eigenvalue weighted by atomic mass is 32.2. The first-order chi connectivity index (χ1) is 20.4. The third-order valence-corrected chi connectivity index (χ3v) is 10.8. The van der Waals surface area contributed by atoms with Crippen LogP contribution in [0.1, 0.15) is 53.4 Å². The van der Waals surface area contributed by atoms with Crippen LogP contribution < -0.4 is 0 Å². The van der Waals surface area contributed by atoms with Crippen molar-refractivity contribution < 1.29 is 54.6 Å². The zero-order valence-electron chi connectivity index (χ0n) is 22.4. The second kappa shape index (κ2) is 9.76. The maximum absolute atomic E-state index is 14.1. The van der Waals surface area contributed by atoms with E-state index >= 15 is 0 Å². The fourth-order valence-corrected chi connectivity index (χ4v) is 8.56. The van der Waals surface area contributed by atoms with Crippen molar-refractivity contribution in [2.75, 3.05) is 6.61 Å². The summed E-state index contributed by atoms with van der Waals surface area (Å²) in [6.07, 6.45) is -1.77. The summed E-state index contributed by atoms with van der Waals surface area (Å²) in [5.41, 5.74) is 3.07. The Hall–Kier alpha value is -3.48. The highest BCUT2D eigenvalue weighted by Crippen LogP contribution is 2.60. The molecule has 8 nitrogen and oxygen atoms in total. The van der Waals surface area contributed by atoms with E-state index in [1.807, 2.05) is 12.1 Å². The summed E-state index contributed by atoms with van der Waals surface area (Å²) in [5, 5.41) is -5.33. The Bertz CT molecular complexity index is 1550. The first-order valence-electron chi connectivity index (χ1n) is 14.1. The fourth-order valence-electron chi connectivity index (χ4n) is 8.18. The van der Waals surface area contributed by atoms with Crippen LogP contribution in [0.3, 0.4) is 0 Å². The van der Waals surface area contributed by atoms with Gasteiger partial charge in [-0.3, -0.25) is 14.4 Å². The summed E-state index contributed by atoms with van der Waals surface area (Å²) in [4.78, 5) is 40.0. The third-order valence-electron chi connectivity index (χ3n) is 9.98. The normalized spacial score (nSPS) is 33.2. The number of rotatable bonds is 8. The molecule has 8 rings (SSSR count). The number of thiol groups is 1. The maximum atomic E-state index is 14.1. The van der Waals surface area contributed by atoms with Gasteiger partial charge in [-0.2, -0.15) is 17.6 Å². The molecule has 1 saturated heterocycles. The van der Waals surface area contributed by atoms with Crippen molar-refractivity contribution in [3.8, 4) is 0 Å².